The predicted octanol–water partition coefficient (Wildman–Crippen LogP) is 2.55. The number of carboxylic acid groups (broad SMARTS) is 1. The minimum atomic E-state index is -0.991. The molecule has 1 saturated heterocycles. The van der Waals surface area contributed by atoms with E-state index in [1.807, 2.05) is 15.8 Å². The molecule has 1 N–H and O–H groups in total. The number of nitrogens with zero attached hydrogens (tertiary/aromatic N) is 3. The number of rotatable bonds is 5. The second kappa shape index (κ2) is 7.51. The zero-order chi connectivity index (χ0) is 17.8. The molecule has 132 valence electrons. The summed E-state index contributed by atoms with van der Waals surface area (Å²) < 4.78 is 1.93. The summed E-state index contributed by atoms with van der Waals surface area (Å²) in [7, 11) is 0. The van der Waals surface area contributed by atoms with E-state index in [1.165, 1.54) is 5.56 Å². The molecule has 1 aliphatic rings. The van der Waals surface area contributed by atoms with Crippen LogP contribution < -0.4 is 0 Å². The number of carbonyl (C=O) groups excluding carboxylic acids is 1. The van der Waals surface area contributed by atoms with Gasteiger partial charge in [0.15, 0.2) is 0 Å². The van der Waals surface area contributed by atoms with Gasteiger partial charge in [-0.05, 0) is 42.9 Å². The number of aromatic carboxylic acids is 1. The van der Waals surface area contributed by atoms with Crippen molar-refractivity contribution in [3.8, 4) is 0 Å². The first kappa shape index (κ1) is 17.2. The van der Waals surface area contributed by atoms with Gasteiger partial charge in [-0.2, -0.15) is 5.10 Å². The monoisotopic (exact) mass is 341 g/mol. The van der Waals surface area contributed by atoms with Crippen LogP contribution in [0.15, 0.2) is 36.7 Å². The molecule has 0 saturated carbocycles. The molecule has 6 nitrogen and oxygen atoms in total. The molecule has 0 bridgehead atoms. The summed E-state index contributed by atoms with van der Waals surface area (Å²) in [4.78, 5) is 25.7. The van der Waals surface area contributed by atoms with E-state index in [4.69, 9.17) is 0 Å². The van der Waals surface area contributed by atoms with E-state index in [0.29, 0.717) is 24.6 Å². The number of amides is 1. The van der Waals surface area contributed by atoms with Gasteiger partial charge < -0.3 is 10.0 Å². The Morgan fingerprint density at radius 3 is 2.60 bits per heavy atom. The van der Waals surface area contributed by atoms with Gasteiger partial charge in [-0.3, -0.25) is 9.48 Å². The number of aromatic nitrogens is 2. The minimum Gasteiger partial charge on any atom is -0.478 e. The molecular formula is C19H23N3O3. The SMILES string of the molecule is CCn1cc(C2CCN(C(=O)Cc3ccccc3C(=O)O)CC2)cn1. The topological polar surface area (TPSA) is 75.4 Å². The normalized spacial score (nSPS) is 15.3. The highest BCUT2D eigenvalue weighted by molar-refractivity contribution is 5.91. The highest BCUT2D eigenvalue weighted by atomic mass is 16.4. The molecule has 1 aliphatic heterocycles. The molecule has 2 aromatic rings. The third kappa shape index (κ3) is 3.90. The number of hydrogen-bond acceptors (Lipinski definition) is 3. The number of piperidine rings is 1. The van der Waals surface area contributed by atoms with E-state index < -0.39 is 5.97 Å². The number of aryl methyl sites for hydroxylation is 1. The van der Waals surface area contributed by atoms with E-state index in [9.17, 15) is 14.7 Å². The summed E-state index contributed by atoms with van der Waals surface area (Å²) in [5.41, 5.74) is 2.02. The van der Waals surface area contributed by atoms with Crippen molar-refractivity contribution < 1.29 is 14.7 Å². The molecule has 0 spiro atoms. The maximum atomic E-state index is 12.6. The summed E-state index contributed by atoms with van der Waals surface area (Å²) in [6.07, 6.45) is 5.99. The Hall–Kier alpha value is -2.63. The van der Waals surface area contributed by atoms with Crippen molar-refractivity contribution in [1.29, 1.82) is 0 Å². The van der Waals surface area contributed by atoms with Crippen molar-refractivity contribution in [2.45, 2.75) is 38.6 Å². The summed E-state index contributed by atoms with van der Waals surface area (Å²) in [6.45, 7) is 4.33. The van der Waals surface area contributed by atoms with Crippen LogP contribution in [0.2, 0.25) is 0 Å². The van der Waals surface area contributed by atoms with Crippen LogP contribution in [0.4, 0.5) is 0 Å². The van der Waals surface area contributed by atoms with Crippen LogP contribution >= 0.6 is 0 Å². The molecule has 0 aliphatic carbocycles. The summed E-state index contributed by atoms with van der Waals surface area (Å²) in [5, 5.41) is 13.6. The Morgan fingerprint density at radius 1 is 1.24 bits per heavy atom. The molecule has 3 rings (SSSR count). The van der Waals surface area contributed by atoms with Gasteiger partial charge in [0.25, 0.3) is 0 Å². The smallest absolute Gasteiger partial charge is 0.335 e. The van der Waals surface area contributed by atoms with E-state index in [1.54, 1.807) is 24.3 Å². The van der Waals surface area contributed by atoms with E-state index in [2.05, 4.69) is 18.2 Å². The van der Waals surface area contributed by atoms with Gasteiger partial charge >= 0.3 is 5.97 Å². The lowest BCUT2D eigenvalue weighted by Gasteiger charge is -2.31. The lowest BCUT2D eigenvalue weighted by molar-refractivity contribution is -0.131. The number of carboxylic acids is 1. The van der Waals surface area contributed by atoms with Gasteiger partial charge in [-0.15, -0.1) is 0 Å². The maximum Gasteiger partial charge on any atom is 0.335 e. The average Bonchev–Trinajstić information content (AvgIpc) is 3.11. The van der Waals surface area contributed by atoms with Gasteiger partial charge in [-0.25, -0.2) is 4.79 Å². The molecular weight excluding hydrogens is 318 g/mol. The summed E-state index contributed by atoms with van der Waals surface area (Å²) in [6, 6.07) is 6.71. The first-order chi connectivity index (χ1) is 12.1. The van der Waals surface area contributed by atoms with Crippen molar-refractivity contribution in [3.63, 3.8) is 0 Å². The van der Waals surface area contributed by atoms with E-state index in [0.717, 1.165) is 19.4 Å². The zero-order valence-electron chi connectivity index (χ0n) is 14.4. The van der Waals surface area contributed by atoms with E-state index >= 15 is 0 Å². The Kier molecular flexibility index (Phi) is 5.16. The Bertz CT molecular complexity index is 761. The zero-order valence-corrected chi connectivity index (χ0v) is 14.4. The Labute approximate surface area is 147 Å². The lowest BCUT2D eigenvalue weighted by atomic mass is 9.91. The van der Waals surface area contributed by atoms with Crippen molar-refractivity contribution >= 4 is 11.9 Å². The molecule has 1 amide bonds. The fourth-order valence-corrected chi connectivity index (χ4v) is 3.38. The maximum absolute atomic E-state index is 12.6. The van der Waals surface area contributed by atoms with Gasteiger partial charge in [0.1, 0.15) is 0 Å². The molecule has 0 unspecified atom stereocenters. The van der Waals surface area contributed by atoms with Crippen molar-refractivity contribution in [1.82, 2.24) is 14.7 Å². The van der Waals surface area contributed by atoms with Crippen molar-refractivity contribution in [2.24, 2.45) is 0 Å². The predicted molar refractivity (Wildman–Crippen MR) is 93.6 cm³/mol. The molecule has 2 heterocycles. The molecule has 1 fully saturated rings. The third-order valence-corrected chi connectivity index (χ3v) is 4.89. The van der Waals surface area contributed by atoms with Crippen LogP contribution in [0.3, 0.4) is 0 Å². The van der Waals surface area contributed by atoms with Crippen LogP contribution in [0.5, 0.6) is 0 Å². The fourth-order valence-electron chi connectivity index (χ4n) is 3.38. The first-order valence-corrected chi connectivity index (χ1v) is 8.69. The van der Waals surface area contributed by atoms with Gasteiger partial charge in [0.2, 0.25) is 5.91 Å². The molecule has 1 aromatic heterocycles. The second-order valence-electron chi connectivity index (χ2n) is 6.42. The second-order valence-corrected chi connectivity index (χ2v) is 6.42. The largest absolute Gasteiger partial charge is 0.478 e. The number of benzene rings is 1. The van der Waals surface area contributed by atoms with Crippen LogP contribution in [-0.4, -0.2) is 44.8 Å². The molecule has 1 aromatic carbocycles. The van der Waals surface area contributed by atoms with Gasteiger partial charge in [0.05, 0.1) is 18.2 Å². The van der Waals surface area contributed by atoms with E-state index in [-0.39, 0.29) is 17.9 Å². The summed E-state index contributed by atoms with van der Waals surface area (Å²) >= 11 is 0. The van der Waals surface area contributed by atoms with Crippen molar-refractivity contribution in [2.75, 3.05) is 13.1 Å². The Morgan fingerprint density at radius 2 is 1.96 bits per heavy atom. The van der Waals surface area contributed by atoms with Gasteiger partial charge in [0, 0.05) is 25.8 Å². The molecule has 6 heteroatoms. The Balaban J connectivity index is 1.59. The van der Waals surface area contributed by atoms with Crippen LogP contribution in [0, 0.1) is 0 Å². The number of hydrogen-bond donors (Lipinski definition) is 1. The molecule has 0 atom stereocenters. The van der Waals surface area contributed by atoms with Crippen LogP contribution in [-0.2, 0) is 17.8 Å². The minimum absolute atomic E-state index is 0.00333. The van der Waals surface area contributed by atoms with Crippen molar-refractivity contribution in [3.05, 3.63) is 53.3 Å². The highest BCUT2D eigenvalue weighted by Crippen LogP contribution is 2.28. The van der Waals surface area contributed by atoms with Crippen LogP contribution in [0.1, 0.15) is 47.2 Å². The molecule has 25 heavy (non-hydrogen) atoms. The number of likely N-dealkylation sites (tertiary alicyclic amines) is 1. The quantitative estimate of drug-likeness (QED) is 0.907. The fraction of sp³-hybridized carbons (Fsp3) is 0.421. The third-order valence-electron chi connectivity index (χ3n) is 4.89. The standard InChI is InChI=1S/C19H23N3O3/c1-2-22-13-16(12-20-22)14-7-9-21(10-8-14)18(23)11-15-5-3-4-6-17(15)19(24)25/h3-6,12-14H,2,7-11H2,1H3,(H,24,25). The first-order valence-electron chi connectivity index (χ1n) is 8.69. The summed E-state index contributed by atoms with van der Waals surface area (Å²) in [5.74, 6) is -0.554. The van der Waals surface area contributed by atoms with Crippen LogP contribution in [0.25, 0.3) is 0 Å². The highest BCUT2D eigenvalue weighted by Gasteiger charge is 2.25. The van der Waals surface area contributed by atoms with Gasteiger partial charge in [-0.1, -0.05) is 18.2 Å². The average molecular weight is 341 g/mol. The lowest BCUT2D eigenvalue weighted by Crippen LogP contribution is -2.38. The molecule has 0 radical (unpaired) electrons. The number of carbonyl (C=O) groups is 2.